The van der Waals surface area contributed by atoms with E-state index in [4.69, 9.17) is 5.84 Å². The lowest BCUT2D eigenvalue weighted by Gasteiger charge is -2.10. The van der Waals surface area contributed by atoms with Crippen LogP contribution in [0.1, 0.15) is 15.9 Å². The predicted octanol–water partition coefficient (Wildman–Crippen LogP) is 2.69. The van der Waals surface area contributed by atoms with E-state index in [1.54, 1.807) is 30.5 Å². The average Bonchev–Trinajstić information content (AvgIpc) is 2.41. The summed E-state index contributed by atoms with van der Waals surface area (Å²) >= 11 is 3.29. The van der Waals surface area contributed by atoms with Gasteiger partial charge >= 0.3 is 0 Å². The molecule has 0 saturated carbocycles. The van der Waals surface area contributed by atoms with Crippen molar-refractivity contribution in [2.45, 2.75) is 6.92 Å². The van der Waals surface area contributed by atoms with Crippen molar-refractivity contribution < 1.29 is 4.79 Å². The molecule has 6 heteroatoms. The molecule has 0 unspecified atom stereocenters. The zero-order valence-corrected chi connectivity index (χ0v) is 11.9. The van der Waals surface area contributed by atoms with Gasteiger partial charge in [0.25, 0.3) is 5.91 Å². The largest absolute Gasteiger partial charge is 0.323 e. The highest BCUT2D eigenvalue weighted by molar-refractivity contribution is 9.10. The molecule has 4 N–H and O–H groups in total. The number of hydrogen-bond acceptors (Lipinski definition) is 4. The lowest BCUT2D eigenvalue weighted by atomic mass is 10.1. The Bertz CT molecular complexity index is 598. The first kappa shape index (κ1) is 13.5. The molecular formula is C13H13BrN4O. The number of carbonyl (C=O) groups is 1. The van der Waals surface area contributed by atoms with Gasteiger partial charge < -0.3 is 10.7 Å². The Morgan fingerprint density at radius 2 is 2.11 bits per heavy atom. The molecule has 0 atom stereocenters. The molecule has 0 aliphatic heterocycles. The van der Waals surface area contributed by atoms with Gasteiger partial charge in [-0.2, -0.15) is 0 Å². The average molecular weight is 321 g/mol. The zero-order chi connectivity index (χ0) is 13.8. The van der Waals surface area contributed by atoms with Gasteiger partial charge in [0.05, 0.1) is 11.3 Å². The number of rotatable bonds is 3. The number of nitrogens with zero attached hydrogens (tertiary/aromatic N) is 1. The van der Waals surface area contributed by atoms with E-state index in [1.165, 1.54) is 0 Å². The lowest BCUT2D eigenvalue weighted by molar-refractivity contribution is 0.102. The second kappa shape index (κ2) is 5.81. The SMILES string of the molecule is Cc1ccc(NN)c(C(=O)Nc2ccc(Br)cn2)c1. The Morgan fingerprint density at radius 1 is 1.32 bits per heavy atom. The van der Waals surface area contributed by atoms with Gasteiger partial charge in [-0.3, -0.25) is 10.6 Å². The van der Waals surface area contributed by atoms with E-state index >= 15 is 0 Å². The van der Waals surface area contributed by atoms with Gasteiger partial charge in [-0.15, -0.1) is 0 Å². The molecule has 5 nitrogen and oxygen atoms in total. The molecular weight excluding hydrogens is 308 g/mol. The summed E-state index contributed by atoms with van der Waals surface area (Å²) in [6.45, 7) is 1.91. The van der Waals surface area contributed by atoms with Crippen LogP contribution >= 0.6 is 15.9 Å². The molecule has 19 heavy (non-hydrogen) atoms. The summed E-state index contributed by atoms with van der Waals surface area (Å²) in [5.41, 5.74) is 4.54. The quantitative estimate of drug-likeness (QED) is 0.600. The number of nitrogen functional groups attached to an aromatic ring is 1. The maximum Gasteiger partial charge on any atom is 0.258 e. The molecule has 1 aromatic heterocycles. The number of amides is 1. The van der Waals surface area contributed by atoms with E-state index in [1.807, 2.05) is 13.0 Å². The highest BCUT2D eigenvalue weighted by Gasteiger charge is 2.11. The first-order valence-corrected chi connectivity index (χ1v) is 6.39. The van der Waals surface area contributed by atoms with Gasteiger partial charge in [-0.25, -0.2) is 4.98 Å². The fraction of sp³-hybridized carbons (Fsp3) is 0.0769. The number of anilines is 2. The number of benzene rings is 1. The first-order chi connectivity index (χ1) is 9.10. The van der Waals surface area contributed by atoms with Crippen molar-refractivity contribution in [2.75, 3.05) is 10.7 Å². The Morgan fingerprint density at radius 3 is 2.74 bits per heavy atom. The molecule has 0 saturated heterocycles. The molecule has 1 aromatic carbocycles. The van der Waals surface area contributed by atoms with Crippen LogP contribution in [-0.4, -0.2) is 10.9 Å². The molecule has 0 aliphatic carbocycles. The fourth-order valence-electron chi connectivity index (χ4n) is 1.61. The monoisotopic (exact) mass is 320 g/mol. The van der Waals surface area contributed by atoms with Crippen LogP contribution in [0, 0.1) is 6.92 Å². The minimum atomic E-state index is -0.258. The van der Waals surface area contributed by atoms with Crippen LogP contribution in [0.3, 0.4) is 0 Å². The standard InChI is InChI=1S/C13H13BrN4O/c1-8-2-4-11(18-15)10(6-8)13(19)17-12-5-3-9(14)7-16-12/h2-7,18H,15H2,1H3,(H,16,17,19). The predicted molar refractivity (Wildman–Crippen MR) is 78.9 cm³/mol. The Hall–Kier alpha value is -1.92. The molecule has 0 radical (unpaired) electrons. The van der Waals surface area contributed by atoms with Crippen molar-refractivity contribution in [3.8, 4) is 0 Å². The Labute approximate surface area is 119 Å². The third-order valence-corrected chi connectivity index (χ3v) is 3.01. The van der Waals surface area contributed by atoms with E-state index in [0.29, 0.717) is 17.1 Å². The first-order valence-electron chi connectivity index (χ1n) is 5.60. The Balaban J connectivity index is 2.24. The molecule has 2 aromatic rings. The van der Waals surface area contributed by atoms with Gasteiger partial charge in [-0.05, 0) is 47.1 Å². The van der Waals surface area contributed by atoms with Crippen molar-refractivity contribution in [3.05, 3.63) is 52.1 Å². The van der Waals surface area contributed by atoms with Gasteiger partial charge in [-0.1, -0.05) is 11.6 Å². The summed E-state index contributed by atoms with van der Waals surface area (Å²) in [7, 11) is 0. The fourth-order valence-corrected chi connectivity index (χ4v) is 1.84. The maximum atomic E-state index is 12.2. The van der Waals surface area contributed by atoms with Crippen molar-refractivity contribution in [3.63, 3.8) is 0 Å². The van der Waals surface area contributed by atoms with Crippen LogP contribution in [-0.2, 0) is 0 Å². The number of nitrogens with two attached hydrogens (primary N) is 1. The van der Waals surface area contributed by atoms with Crippen LogP contribution in [0.4, 0.5) is 11.5 Å². The van der Waals surface area contributed by atoms with Gasteiger partial charge in [0.15, 0.2) is 0 Å². The number of aromatic nitrogens is 1. The minimum absolute atomic E-state index is 0.258. The molecule has 98 valence electrons. The second-order valence-corrected chi connectivity index (χ2v) is 4.92. The third-order valence-electron chi connectivity index (χ3n) is 2.54. The van der Waals surface area contributed by atoms with Crippen molar-refractivity contribution in [1.82, 2.24) is 4.98 Å². The topological polar surface area (TPSA) is 80.0 Å². The molecule has 0 aliphatic rings. The van der Waals surface area contributed by atoms with E-state index in [9.17, 15) is 4.79 Å². The van der Waals surface area contributed by atoms with Crippen LogP contribution in [0.2, 0.25) is 0 Å². The number of halogens is 1. The lowest BCUT2D eigenvalue weighted by Crippen LogP contribution is -2.18. The molecule has 2 rings (SSSR count). The van der Waals surface area contributed by atoms with Crippen molar-refractivity contribution in [1.29, 1.82) is 0 Å². The minimum Gasteiger partial charge on any atom is -0.323 e. The summed E-state index contributed by atoms with van der Waals surface area (Å²) in [5, 5.41) is 2.72. The maximum absolute atomic E-state index is 12.2. The van der Waals surface area contributed by atoms with E-state index in [0.717, 1.165) is 10.0 Å². The summed E-state index contributed by atoms with van der Waals surface area (Å²) < 4.78 is 0.852. The Kier molecular flexibility index (Phi) is 4.13. The van der Waals surface area contributed by atoms with Crippen molar-refractivity contribution in [2.24, 2.45) is 5.84 Å². The van der Waals surface area contributed by atoms with E-state index < -0.39 is 0 Å². The van der Waals surface area contributed by atoms with Crippen LogP contribution in [0.5, 0.6) is 0 Å². The van der Waals surface area contributed by atoms with E-state index in [2.05, 4.69) is 31.7 Å². The van der Waals surface area contributed by atoms with Crippen LogP contribution in [0.15, 0.2) is 41.0 Å². The summed E-state index contributed by atoms with van der Waals surface area (Å²) in [4.78, 5) is 16.3. The summed E-state index contributed by atoms with van der Waals surface area (Å²) in [6, 6.07) is 8.93. The van der Waals surface area contributed by atoms with Crippen LogP contribution in [0.25, 0.3) is 0 Å². The summed E-state index contributed by atoms with van der Waals surface area (Å²) in [5.74, 6) is 5.63. The molecule has 0 fully saturated rings. The zero-order valence-electron chi connectivity index (χ0n) is 10.3. The van der Waals surface area contributed by atoms with Gasteiger partial charge in [0.2, 0.25) is 0 Å². The summed E-state index contributed by atoms with van der Waals surface area (Å²) in [6.07, 6.45) is 1.62. The van der Waals surface area contributed by atoms with Crippen LogP contribution < -0.4 is 16.6 Å². The van der Waals surface area contributed by atoms with E-state index in [-0.39, 0.29) is 5.91 Å². The second-order valence-electron chi connectivity index (χ2n) is 4.01. The smallest absolute Gasteiger partial charge is 0.258 e. The number of pyridine rings is 1. The number of nitrogens with one attached hydrogen (secondary N) is 2. The van der Waals surface area contributed by atoms with Gasteiger partial charge in [0, 0.05) is 10.7 Å². The number of hydrazine groups is 1. The number of aryl methyl sites for hydroxylation is 1. The number of hydrogen-bond donors (Lipinski definition) is 3. The molecule has 0 bridgehead atoms. The third kappa shape index (κ3) is 3.30. The number of carbonyl (C=O) groups excluding carboxylic acids is 1. The molecule has 1 amide bonds. The van der Waals surface area contributed by atoms with Gasteiger partial charge in [0.1, 0.15) is 5.82 Å². The molecule has 1 heterocycles. The normalized spacial score (nSPS) is 10.1. The molecule has 0 spiro atoms. The highest BCUT2D eigenvalue weighted by Crippen LogP contribution is 2.18. The highest BCUT2D eigenvalue weighted by atomic mass is 79.9. The van der Waals surface area contributed by atoms with Crippen molar-refractivity contribution >= 4 is 33.3 Å².